The number of thioether (sulfide) groups is 2. The first-order chi connectivity index (χ1) is 8.75. The smallest absolute Gasteiger partial charge is 0.00750 e. The lowest BCUT2D eigenvalue weighted by Gasteiger charge is -2.05. The predicted molar refractivity (Wildman–Crippen MR) is 83.8 cm³/mol. The molecule has 0 aromatic heterocycles. The third-order valence-electron chi connectivity index (χ3n) is 2.84. The first-order valence-electron chi connectivity index (χ1n) is 6.13. The van der Waals surface area contributed by atoms with Gasteiger partial charge in [0.15, 0.2) is 0 Å². The van der Waals surface area contributed by atoms with E-state index < -0.39 is 0 Å². The number of aryl methyl sites for hydroxylation is 2. The molecule has 0 unspecified atom stereocenters. The molecule has 0 aliphatic carbocycles. The maximum atomic E-state index is 2.28. The van der Waals surface area contributed by atoms with Crippen LogP contribution in [-0.4, -0.2) is 11.5 Å². The molecule has 0 atom stereocenters. The molecule has 94 valence electrons. The molecule has 2 aromatic rings. The van der Waals surface area contributed by atoms with Crippen LogP contribution < -0.4 is 0 Å². The van der Waals surface area contributed by atoms with Crippen LogP contribution in [0.25, 0.3) is 0 Å². The van der Waals surface area contributed by atoms with Gasteiger partial charge in [0.05, 0.1) is 0 Å². The van der Waals surface area contributed by atoms with Gasteiger partial charge in [-0.15, -0.1) is 23.5 Å². The molecule has 18 heavy (non-hydrogen) atoms. The molecular weight excluding hydrogens is 256 g/mol. The van der Waals surface area contributed by atoms with Crippen LogP contribution in [0, 0.1) is 13.8 Å². The zero-order chi connectivity index (χ0) is 12.8. The van der Waals surface area contributed by atoms with E-state index in [1.165, 1.54) is 20.9 Å². The minimum Gasteiger partial charge on any atom is -0.125 e. The van der Waals surface area contributed by atoms with Gasteiger partial charge in [-0.3, -0.25) is 0 Å². The van der Waals surface area contributed by atoms with Gasteiger partial charge in [0.25, 0.3) is 0 Å². The van der Waals surface area contributed by atoms with Crippen LogP contribution in [0.3, 0.4) is 0 Å². The van der Waals surface area contributed by atoms with Crippen LogP contribution in [0.2, 0.25) is 0 Å². The summed E-state index contributed by atoms with van der Waals surface area (Å²) in [5.41, 5.74) is 2.76. The third kappa shape index (κ3) is 4.11. The predicted octanol–water partition coefficient (Wildman–Crippen LogP) is 5.19. The van der Waals surface area contributed by atoms with E-state index in [1.807, 2.05) is 23.5 Å². The first-order valence-corrected chi connectivity index (χ1v) is 8.11. The fraction of sp³-hybridized carbons (Fsp3) is 0.250. The van der Waals surface area contributed by atoms with Crippen molar-refractivity contribution < 1.29 is 0 Å². The Morgan fingerprint density at radius 1 is 0.722 bits per heavy atom. The van der Waals surface area contributed by atoms with Crippen molar-refractivity contribution in [1.82, 2.24) is 0 Å². The SMILES string of the molecule is Cc1ccc(SCCSc2ccccc2)cc1C. The molecule has 0 radical (unpaired) electrons. The van der Waals surface area contributed by atoms with Gasteiger partial charge in [-0.25, -0.2) is 0 Å². The topological polar surface area (TPSA) is 0 Å². The van der Waals surface area contributed by atoms with Crippen molar-refractivity contribution in [3.05, 3.63) is 59.7 Å². The Hall–Kier alpha value is -0.860. The molecular formula is C16H18S2. The molecule has 0 aliphatic heterocycles. The van der Waals surface area contributed by atoms with E-state index in [9.17, 15) is 0 Å². The molecule has 0 heterocycles. The summed E-state index contributed by atoms with van der Waals surface area (Å²) >= 11 is 3.87. The quantitative estimate of drug-likeness (QED) is 0.544. The number of benzene rings is 2. The zero-order valence-electron chi connectivity index (χ0n) is 10.8. The van der Waals surface area contributed by atoms with Crippen molar-refractivity contribution in [1.29, 1.82) is 0 Å². The van der Waals surface area contributed by atoms with Gasteiger partial charge in [-0.1, -0.05) is 24.3 Å². The van der Waals surface area contributed by atoms with Gasteiger partial charge in [0.1, 0.15) is 0 Å². The highest BCUT2D eigenvalue weighted by Crippen LogP contribution is 2.24. The second-order valence-electron chi connectivity index (χ2n) is 4.26. The highest BCUT2D eigenvalue weighted by atomic mass is 32.2. The van der Waals surface area contributed by atoms with Gasteiger partial charge >= 0.3 is 0 Å². The van der Waals surface area contributed by atoms with Crippen molar-refractivity contribution in [3.63, 3.8) is 0 Å². The monoisotopic (exact) mass is 274 g/mol. The van der Waals surface area contributed by atoms with E-state index in [0.29, 0.717) is 0 Å². The Labute approximate surface area is 118 Å². The highest BCUT2D eigenvalue weighted by molar-refractivity contribution is 8.03. The maximum absolute atomic E-state index is 2.28. The molecule has 0 saturated heterocycles. The van der Waals surface area contributed by atoms with Gasteiger partial charge in [0.2, 0.25) is 0 Å². The Balaban J connectivity index is 1.77. The van der Waals surface area contributed by atoms with Crippen LogP contribution in [0.5, 0.6) is 0 Å². The fourth-order valence-electron chi connectivity index (χ4n) is 1.64. The summed E-state index contributed by atoms with van der Waals surface area (Å²) < 4.78 is 0. The summed E-state index contributed by atoms with van der Waals surface area (Å²) in [7, 11) is 0. The summed E-state index contributed by atoms with van der Waals surface area (Å²) in [5.74, 6) is 2.31. The minimum absolute atomic E-state index is 1.15. The lowest BCUT2D eigenvalue weighted by atomic mass is 10.1. The molecule has 0 fully saturated rings. The van der Waals surface area contributed by atoms with Crippen molar-refractivity contribution in [3.8, 4) is 0 Å². The molecule has 0 spiro atoms. The lowest BCUT2D eigenvalue weighted by molar-refractivity contribution is 1.28. The number of hydrogen-bond donors (Lipinski definition) is 0. The van der Waals surface area contributed by atoms with Gasteiger partial charge < -0.3 is 0 Å². The summed E-state index contributed by atoms with van der Waals surface area (Å²) in [5, 5.41) is 0. The summed E-state index contributed by atoms with van der Waals surface area (Å²) in [6.45, 7) is 4.34. The molecule has 0 saturated carbocycles. The molecule has 0 N–H and O–H groups in total. The number of rotatable bonds is 5. The number of hydrogen-bond acceptors (Lipinski definition) is 2. The van der Waals surface area contributed by atoms with Gasteiger partial charge in [-0.2, -0.15) is 0 Å². The van der Waals surface area contributed by atoms with E-state index in [0.717, 1.165) is 11.5 Å². The normalized spacial score (nSPS) is 10.6. The van der Waals surface area contributed by atoms with Crippen molar-refractivity contribution in [2.45, 2.75) is 23.6 Å². The van der Waals surface area contributed by atoms with E-state index in [2.05, 4.69) is 62.4 Å². The zero-order valence-corrected chi connectivity index (χ0v) is 12.5. The van der Waals surface area contributed by atoms with E-state index in [-0.39, 0.29) is 0 Å². The minimum atomic E-state index is 1.15. The molecule has 0 nitrogen and oxygen atoms in total. The largest absolute Gasteiger partial charge is 0.125 e. The van der Waals surface area contributed by atoms with Crippen molar-refractivity contribution in [2.75, 3.05) is 11.5 Å². The van der Waals surface area contributed by atoms with E-state index in [1.54, 1.807) is 0 Å². The Bertz CT molecular complexity index is 492. The van der Waals surface area contributed by atoms with E-state index >= 15 is 0 Å². The molecule has 0 amide bonds. The third-order valence-corrected chi connectivity index (χ3v) is 5.11. The molecule has 2 rings (SSSR count). The van der Waals surface area contributed by atoms with Crippen LogP contribution in [0.15, 0.2) is 58.3 Å². The lowest BCUT2D eigenvalue weighted by Crippen LogP contribution is -1.86. The van der Waals surface area contributed by atoms with Crippen LogP contribution in [0.4, 0.5) is 0 Å². The van der Waals surface area contributed by atoms with Gasteiger partial charge in [-0.05, 0) is 49.2 Å². The van der Waals surface area contributed by atoms with Gasteiger partial charge in [0, 0.05) is 21.3 Å². The highest BCUT2D eigenvalue weighted by Gasteiger charge is 1.98. The molecule has 0 bridgehead atoms. The van der Waals surface area contributed by atoms with Crippen LogP contribution in [0.1, 0.15) is 11.1 Å². The van der Waals surface area contributed by atoms with Crippen LogP contribution in [-0.2, 0) is 0 Å². The summed E-state index contributed by atoms with van der Waals surface area (Å²) in [6.07, 6.45) is 0. The van der Waals surface area contributed by atoms with Crippen molar-refractivity contribution in [2.24, 2.45) is 0 Å². The molecule has 0 aliphatic rings. The van der Waals surface area contributed by atoms with E-state index in [4.69, 9.17) is 0 Å². The first kappa shape index (κ1) is 13.6. The second kappa shape index (κ2) is 6.91. The standard InChI is InChI=1S/C16H18S2/c1-13-8-9-16(12-14(13)2)18-11-10-17-15-6-4-3-5-7-15/h3-9,12H,10-11H2,1-2H3. The average Bonchev–Trinajstić information content (AvgIpc) is 2.40. The Morgan fingerprint density at radius 3 is 2.06 bits per heavy atom. The average molecular weight is 274 g/mol. The molecule has 2 aromatic carbocycles. The molecule has 2 heteroatoms. The summed E-state index contributed by atoms with van der Waals surface area (Å²) in [4.78, 5) is 2.74. The Morgan fingerprint density at radius 2 is 1.39 bits per heavy atom. The summed E-state index contributed by atoms with van der Waals surface area (Å²) in [6, 6.07) is 17.3. The van der Waals surface area contributed by atoms with Crippen molar-refractivity contribution >= 4 is 23.5 Å². The fourth-order valence-corrected chi connectivity index (χ4v) is 3.55. The van der Waals surface area contributed by atoms with Crippen LogP contribution >= 0.6 is 23.5 Å². The second-order valence-corrected chi connectivity index (χ2v) is 6.59. The Kier molecular flexibility index (Phi) is 5.21. The maximum Gasteiger partial charge on any atom is 0.00750 e.